The van der Waals surface area contributed by atoms with Crippen molar-refractivity contribution in [2.45, 2.75) is 19.6 Å². The van der Waals surface area contributed by atoms with Gasteiger partial charge in [-0.1, -0.05) is 6.58 Å². The first-order chi connectivity index (χ1) is 12.3. The summed E-state index contributed by atoms with van der Waals surface area (Å²) in [6.45, 7) is 12.6. The Labute approximate surface area is 160 Å². The van der Waals surface area contributed by atoms with Crippen LogP contribution in [0.15, 0.2) is 12.7 Å². The second-order valence-corrected chi connectivity index (χ2v) is 7.09. The van der Waals surface area contributed by atoms with Gasteiger partial charge in [-0.25, -0.2) is 4.79 Å². The van der Waals surface area contributed by atoms with Crippen molar-refractivity contribution >= 4 is 5.97 Å². The average Bonchev–Trinajstić information content (AvgIpc) is 2.61. The third kappa shape index (κ3) is 14.2. The molecule has 26 heavy (non-hydrogen) atoms. The van der Waals surface area contributed by atoms with E-state index >= 15 is 0 Å². The smallest absolute Gasteiger partial charge is 0.330 e. The lowest BCUT2D eigenvalue weighted by atomic mass is 10.4. The van der Waals surface area contributed by atoms with E-state index in [9.17, 15) is 4.79 Å². The molecule has 0 heterocycles. The van der Waals surface area contributed by atoms with E-state index < -0.39 is 0 Å². The van der Waals surface area contributed by atoms with Crippen LogP contribution in [-0.2, 0) is 14.3 Å². The van der Waals surface area contributed by atoms with Crippen LogP contribution in [0.1, 0.15) is 13.3 Å². The van der Waals surface area contributed by atoms with Crippen LogP contribution in [0.5, 0.6) is 0 Å². The van der Waals surface area contributed by atoms with E-state index in [1.807, 2.05) is 6.92 Å². The third-order valence-electron chi connectivity index (χ3n) is 4.31. The summed E-state index contributed by atoms with van der Waals surface area (Å²) in [5, 5.41) is 0. The van der Waals surface area contributed by atoms with Gasteiger partial charge >= 0.3 is 5.97 Å². The predicted octanol–water partition coefficient (Wildman–Crippen LogP) is 0.825. The number of esters is 1. The molecule has 0 bridgehead atoms. The average molecular weight is 373 g/mol. The van der Waals surface area contributed by atoms with Crippen molar-refractivity contribution in [3.05, 3.63) is 12.7 Å². The van der Waals surface area contributed by atoms with Crippen LogP contribution >= 0.6 is 0 Å². The number of likely N-dealkylation sites (N-methyl/N-ethyl adjacent to an activating group) is 4. The lowest BCUT2D eigenvalue weighted by Gasteiger charge is -2.28. The molecule has 0 rings (SSSR count). The molecular formula is C19H40N4O3. The first-order valence-electron chi connectivity index (χ1n) is 9.39. The largest absolute Gasteiger partial charge is 0.462 e. The normalized spacial score (nSPS) is 13.0. The van der Waals surface area contributed by atoms with Crippen molar-refractivity contribution < 1.29 is 14.3 Å². The van der Waals surface area contributed by atoms with Gasteiger partial charge in [0.15, 0.2) is 0 Å². The molecule has 0 aromatic heterocycles. The zero-order chi connectivity index (χ0) is 19.9. The summed E-state index contributed by atoms with van der Waals surface area (Å²) in [5.41, 5.74) is 0. The number of carbonyl (C=O) groups is 1. The molecule has 0 spiro atoms. The maximum absolute atomic E-state index is 10.9. The van der Waals surface area contributed by atoms with E-state index in [0.717, 1.165) is 39.3 Å². The van der Waals surface area contributed by atoms with E-state index in [-0.39, 0.29) is 12.2 Å². The molecule has 0 radical (unpaired) electrons. The van der Waals surface area contributed by atoms with Gasteiger partial charge in [-0.05, 0) is 42.2 Å². The molecule has 0 aromatic rings. The summed E-state index contributed by atoms with van der Waals surface area (Å²) in [7, 11) is 10.6. The van der Waals surface area contributed by atoms with Crippen LogP contribution in [0, 0.1) is 0 Å². The molecule has 0 aromatic carbocycles. The van der Waals surface area contributed by atoms with Crippen LogP contribution in [0.4, 0.5) is 0 Å². The van der Waals surface area contributed by atoms with Crippen LogP contribution in [0.2, 0.25) is 0 Å². The minimum Gasteiger partial charge on any atom is -0.462 e. The van der Waals surface area contributed by atoms with Crippen LogP contribution in [0.25, 0.3) is 0 Å². The molecule has 0 aliphatic carbocycles. The molecule has 0 saturated heterocycles. The highest BCUT2D eigenvalue weighted by molar-refractivity contribution is 5.81. The van der Waals surface area contributed by atoms with Crippen LogP contribution in [0.3, 0.4) is 0 Å². The zero-order valence-electron chi connectivity index (χ0n) is 17.7. The first-order valence-corrected chi connectivity index (χ1v) is 9.39. The molecule has 7 heteroatoms. The number of hydrogen-bond acceptors (Lipinski definition) is 7. The van der Waals surface area contributed by atoms with Crippen molar-refractivity contribution in [3.63, 3.8) is 0 Å². The highest BCUT2D eigenvalue weighted by Crippen LogP contribution is 2.00. The topological polar surface area (TPSA) is 48.5 Å². The maximum Gasteiger partial charge on any atom is 0.330 e. The van der Waals surface area contributed by atoms with Gasteiger partial charge in [-0.15, -0.1) is 0 Å². The Hall–Kier alpha value is -0.990. The van der Waals surface area contributed by atoms with Gasteiger partial charge in [0, 0.05) is 51.8 Å². The van der Waals surface area contributed by atoms with Gasteiger partial charge in [-0.2, -0.15) is 0 Å². The van der Waals surface area contributed by atoms with Gasteiger partial charge in [-0.3, -0.25) is 4.90 Å². The summed E-state index contributed by atoms with van der Waals surface area (Å²) in [6.07, 6.45) is 1.91. The monoisotopic (exact) mass is 372 g/mol. The van der Waals surface area contributed by atoms with Gasteiger partial charge in [0.1, 0.15) is 6.23 Å². The SMILES string of the molecule is C=CC(=O)OCCCOC(C)N(C)CCN(C)CCN(C)CCN(C)C. The lowest BCUT2D eigenvalue weighted by molar-refractivity contribution is -0.138. The highest BCUT2D eigenvalue weighted by Gasteiger charge is 2.10. The molecule has 154 valence electrons. The van der Waals surface area contributed by atoms with Gasteiger partial charge in [0.05, 0.1) is 13.2 Å². The summed E-state index contributed by atoms with van der Waals surface area (Å²) in [4.78, 5) is 20.1. The molecule has 1 unspecified atom stereocenters. The maximum atomic E-state index is 10.9. The predicted molar refractivity (Wildman–Crippen MR) is 107 cm³/mol. The number of hydrogen-bond donors (Lipinski definition) is 0. The molecule has 7 nitrogen and oxygen atoms in total. The van der Waals surface area contributed by atoms with Crippen molar-refractivity contribution in [2.24, 2.45) is 0 Å². The first kappa shape index (κ1) is 25.0. The summed E-state index contributed by atoms with van der Waals surface area (Å²) in [6, 6.07) is 0. The van der Waals surface area contributed by atoms with Crippen LogP contribution in [-0.4, -0.2) is 120 Å². The second kappa shape index (κ2) is 15.1. The zero-order valence-corrected chi connectivity index (χ0v) is 17.7. The highest BCUT2D eigenvalue weighted by atomic mass is 16.5. The van der Waals surface area contributed by atoms with Crippen molar-refractivity contribution in [3.8, 4) is 0 Å². The Morgan fingerprint density at radius 1 is 0.923 bits per heavy atom. The van der Waals surface area contributed by atoms with E-state index in [1.54, 1.807) is 0 Å². The summed E-state index contributed by atoms with van der Waals surface area (Å²) < 4.78 is 10.7. The number of rotatable bonds is 16. The van der Waals surface area contributed by atoms with E-state index in [2.05, 4.69) is 61.4 Å². The van der Waals surface area contributed by atoms with E-state index in [0.29, 0.717) is 19.6 Å². The fourth-order valence-corrected chi connectivity index (χ4v) is 2.12. The van der Waals surface area contributed by atoms with E-state index in [1.165, 1.54) is 6.08 Å². The van der Waals surface area contributed by atoms with Gasteiger partial charge in [0.2, 0.25) is 0 Å². The second-order valence-electron chi connectivity index (χ2n) is 7.09. The molecule has 0 saturated carbocycles. The van der Waals surface area contributed by atoms with Crippen LogP contribution < -0.4 is 0 Å². The molecule has 0 fully saturated rings. The molecule has 0 aliphatic heterocycles. The molecule has 0 N–H and O–H groups in total. The van der Waals surface area contributed by atoms with Gasteiger partial charge in [0.25, 0.3) is 0 Å². The third-order valence-corrected chi connectivity index (χ3v) is 4.31. The Morgan fingerprint density at radius 3 is 2.00 bits per heavy atom. The minimum atomic E-state index is -0.384. The Morgan fingerprint density at radius 2 is 1.46 bits per heavy atom. The quantitative estimate of drug-likeness (QED) is 0.172. The molecular weight excluding hydrogens is 332 g/mol. The summed E-state index contributed by atoms with van der Waals surface area (Å²) >= 11 is 0. The van der Waals surface area contributed by atoms with Crippen molar-refractivity contribution in [2.75, 3.05) is 87.7 Å². The lowest BCUT2D eigenvalue weighted by Crippen LogP contribution is -2.40. The van der Waals surface area contributed by atoms with E-state index in [4.69, 9.17) is 9.47 Å². The fourth-order valence-electron chi connectivity index (χ4n) is 2.12. The number of ether oxygens (including phenoxy) is 2. The van der Waals surface area contributed by atoms with Crippen molar-refractivity contribution in [1.82, 2.24) is 19.6 Å². The standard InChI is InChI=1S/C19H40N4O3/c1-8-19(24)26-17-9-16-25-18(2)23(7)15-14-22(6)13-12-21(5)11-10-20(3)4/h8,18H,1,9-17H2,2-7H3. The Balaban J connectivity index is 3.75. The Bertz CT molecular complexity index is 380. The number of carbonyl (C=O) groups excluding carboxylic acids is 1. The Kier molecular flexibility index (Phi) is 14.5. The van der Waals surface area contributed by atoms with Gasteiger partial charge < -0.3 is 24.2 Å². The fraction of sp³-hybridized carbons (Fsp3) is 0.842. The number of nitrogens with zero attached hydrogens (tertiary/aromatic N) is 4. The molecule has 0 aliphatic rings. The molecule has 0 amide bonds. The van der Waals surface area contributed by atoms with Crippen molar-refractivity contribution in [1.29, 1.82) is 0 Å². The minimum absolute atomic E-state index is 0.0428. The summed E-state index contributed by atoms with van der Waals surface area (Å²) in [5.74, 6) is -0.384. The molecule has 1 atom stereocenters.